The average molecular weight is 413 g/mol. The lowest BCUT2D eigenvalue weighted by molar-refractivity contribution is -0.123. The van der Waals surface area contributed by atoms with Crippen molar-refractivity contribution in [2.24, 2.45) is 5.10 Å². The summed E-state index contributed by atoms with van der Waals surface area (Å²) in [5.41, 5.74) is 4.50. The summed E-state index contributed by atoms with van der Waals surface area (Å²) in [6, 6.07) is 13.4. The highest BCUT2D eigenvalue weighted by Crippen LogP contribution is 2.24. The van der Waals surface area contributed by atoms with Gasteiger partial charge in [0.2, 0.25) is 0 Å². The Morgan fingerprint density at radius 1 is 0.900 bits per heavy atom. The Morgan fingerprint density at radius 2 is 1.60 bits per heavy atom. The summed E-state index contributed by atoms with van der Waals surface area (Å²) < 4.78 is 17.0. The molecule has 2 rings (SSSR count). The molecule has 0 aliphatic rings. The maximum Gasteiger partial charge on any atom is 0.277 e. The summed E-state index contributed by atoms with van der Waals surface area (Å²) >= 11 is 0. The second-order valence-electron chi connectivity index (χ2n) is 6.87. The number of amides is 1. The SMILES string of the molecule is CCCOc1ccc(C=NNC(=O)COc2ccc(CCC)cc2)c(OCCC)c1. The van der Waals surface area contributed by atoms with Gasteiger partial charge in [-0.15, -0.1) is 0 Å². The van der Waals surface area contributed by atoms with Gasteiger partial charge in [-0.2, -0.15) is 5.10 Å². The highest BCUT2D eigenvalue weighted by Gasteiger charge is 2.06. The van der Waals surface area contributed by atoms with Gasteiger partial charge in [0, 0.05) is 11.6 Å². The van der Waals surface area contributed by atoms with Crippen LogP contribution in [0.25, 0.3) is 0 Å². The van der Waals surface area contributed by atoms with Crippen molar-refractivity contribution >= 4 is 12.1 Å². The Morgan fingerprint density at radius 3 is 2.30 bits per heavy atom. The molecule has 1 amide bonds. The number of hydrazone groups is 1. The smallest absolute Gasteiger partial charge is 0.277 e. The monoisotopic (exact) mass is 412 g/mol. The summed E-state index contributed by atoms with van der Waals surface area (Å²) in [5, 5.41) is 4.03. The third-order valence-corrected chi connectivity index (χ3v) is 4.14. The van der Waals surface area contributed by atoms with Crippen molar-refractivity contribution in [3.8, 4) is 17.2 Å². The first-order valence-corrected chi connectivity index (χ1v) is 10.6. The molecule has 0 radical (unpaired) electrons. The summed E-state index contributed by atoms with van der Waals surface area (Å²) in [5.74, 6) is 1.75. The van der Waals surface area contributed by atoms with Gasteiger partial charge in [0.1, 0.15) is 17.2 Å². The number of hydrogen-bond acceptors (Lipinski definition) is 5. The van der Waals surface area contributed by atoms with Crippen LogP contribution < -0.4 is 19.6 Å². The summed E-state index contributed by atoms with van der Waals surface area (Å²) in [6.45, 7) is 7.38. The zero-order chi connectivity index (χ0) is 21.6. The first-order chi connectivity index (χ1) is 14.7. The van der Waals surface area contributed by atoms with Crippen LogP contribution in [0, 0.1) is 0 Å². The fourth-order valence-corrected chi connectivity index (χ4v) is 2.66. The molecule has 0 aliphatic carbocycles. The number of ether oxygens (including phenoxy) is 3. The quantitative estimate of drug-likeness (QED) is 0.381. The minimum Gasteiger partial charge on any atom is -0.493 e. The molecular weight excluding hydrogens is 380 g/mol. The number of carbonyl (C=O) groups excluding carboxylic acids is 1. The zero-order valence-corrected chi connectivity index (χ0v) is 18.1. The van der Waals surface area contributed by atoms with E-state index in [1.165, 1.54) is 5.56 Å². The molecule has 162 valence electrons. The van der Waals surface area contributed by atoms with Gasteiger partial charge in [-0.25, -0.2) is 5.43 Å². The average Bonchev–Trinajstić information content (AvgIpc) is 2.77. The number of nitrogens with zero attached hydrogens (tertiary/aromatic N) is 1. The van der Waals surface area contributed by atoms with Crippen molar-refractivity contribution in [2.75, 3.05) is 19.8 Å². The molecule has 2 aromatic rings. The summed E-state index contributed by atoms with van der Waals surface area (Å²) in [6.07, 6.45) is 5.52. The molecule has 2 aromatic carbocycles. The van der Waals surface area contributed by atoms with E-state index in [0.717, 1.165) is 37.0 Å². The van der Waals surface area contributed by atoms with Crippen molar-refractivity contribution in [3.05, 3.63) is 53.6 Å². The van der Waals surface area contributed by atoms with Gasteiger partial charge in [-0.05, 0) is 49.1 Å². The second-order valence-corrected chi connectivity index (χ2v) is 6.87. The molecule has 6 nitrogen and oxygen atoms in total. The van der Waals surface area contributed by atoms with Crippen LogP contribution in [0.3, 0.4) is 0 Å². The lowest BCUT2D eigenvalue weighted by atomic mass is 10.1. The van der Waals surface area contributed by atoms with Crippen molar-refractivity contribution < 1.29 is 19.0 Å². The van der Waals surface area contributed by atoms with Crippen LogP contribution in [0.4, 0.5) is 0 Å². The molecule has 0 spiro atoms. The van der Waals surface area contributed by atoms with E-state index in [9.17, 15) is 4.79 Å². The van der Waals surface area contributed by atoms with Gasteiger partial charge in [0.05, 0.1) is 19.4 Å². The summed E-state index contributed by atoms with van der Waals surface area (Å²) in [4.78, 5) is 12.0. The molecule has 0 saturated heterocycles. The number of hydrogen-bond donors (Lipinski definition) is 1. The fraction of sp³-hybridized carbons (Fsp3) is 0.417. The molecule has 30 heavy (non-hydrogen) atoms. The third-order valence-electron chi connectivity index (χ3n) is 4.14. The first-order valence-electron chi connectivity index (χ1n) is 10.6. The molecule has 0 bridgehead atoms. The maximum atomic E-state index is 12.0. The highest BCUT2D eigenvalue weighted by atomic mass is 16.5. The zero-order valence-electron chi connectivity index (χ0n) is 18.1. The third kappa shape index (κ3) is 8.15. The Kier molecular flexibility index (Phi) is 10.3. The van der Waals surface area contributed by atoms with Crippen LogP contribution in [0.1, 0.15) is 51.2 Å². The van der Waals surface area contributed by atoms with Gasteiger partial charge in [-0.3, -0.25) is 4.79 Å². The van der Waals surface area contributed by atoms with Crippen LogP contribution >= 0.6 is 0 Å². The molecule has 0 unspecified atom stereocenters. The van der Waals surface area contributed by atoms with E-state index < -0.39 is 0 Å². The maximum absolute atomic E-state index is 12.0. The molecule has 6 heteroatoms. The molecule has 0 atom stereocenters. The molecule has 1 N–H and O–H groups in total. The number of benzene rings is 2. The van der Waals surface area contributed by atoms with Crippen LogP contribution in [-0.4, -0.2) is 31.9 Å². The predicted molar refractivity (Wildman–Crippen MR) is 120 cm³/mol. The van der Waals surface area contributed by atoms with Gasteiger partial charge in [0.25, 0.3) is 5.91 Å². The fourth-order valence-electron chi connectivity index (χ4n) is 2.66. The standard InChI is InChI=1S/C24H32N2O4/c1-4-7-19-8-11-21(12-9-19)30-18-24(27)26-25-17-20-10-13-22(28-14-5-2)16-23(20)29-15-6-3/h8-13,16-17H,4-7,14-15,18H2,1-3H3,(H,26,27). The molecular formula is C24H32N2O4. The molecule has 0 heterocycles. The minimum atomic E-state index is -0.331. The second kappa shape index (κ2) is 13.2. The number of carbonyl (C=O) groups is 1. The molecule has 0 saturated carbocycles. The van der Waals surface area contributed by atoms with E-state index in [1.807, 2.05) is 49.4 Å². The molecule has 0 aliphatic heterocycles. The van der Waals surface area contributed by atoms with Gasteiger partial charge < -0.3 is 14.2 Å². The Labute approximate surface area is 179 Å². The number of nitrogens with one attached hydrogen (secondary N) is 1. The predicted octanol–water partition coefficient (Wildman–Crippen LogP) is 4.75. The lowest BCUT2D eigenvalue weighted by Gasteiger charge is -2.11. The van der Waals surface area contributed by atoms with Gasteiger partial charge in [-0.1, -0.05) is 39.3 Å². The lowest BCUT2D eigenvalue weighted by Crippen LogP contribution is -2.24. The van der Waals surface area contributed by atoms with E-state index in [2.05, 4.69) is 24.4 Å². The molecule has 0 aromatic heterocycles. The first kappa shape index (κ1) is 23.3. The van der Waals surface area contributed by atoms with E-state index in [0.29, 0.717) is 24.7 Å². The highest BCUT2D eigenvalue weighted by molar-refractivity contribution is 5.85. The van der Waals surface area contributed by atoms with Crippen molar-refractivity contribution in [1.82, 2.24) is 5.43 Å². The largest absolute Gasteiger partial charge is 0.493 e. The Hall–Kier alpha value is -3.02. The topological polar surface area (TPSA) is 69.2 Å². The summed E-state index contributed by atoms with van der Waals surface area (Å²) in [7, 11) is 0. The Bertz CT molecular complexity index is 803. The van der Waals surface area contributed by atoms with Crippen LogP contribution in [-0.2, 0) is 11.2 Å². The Balaban J connectivity index is 1.88. The van der Waals surface area contributed by atoms with E-state index in [-0.39, 0.29) is 12.5 Å². The minimum absolute atomic E-state index is 0.104. The van der Waals surface area contributed by atoms with E-state index in [4.69, 9.17) is 14.2 Å². The van der Waals surface area contributed by atoms with E-state index >= 15 is 0 Å². The van der Waals surface area contributed by atoms with E-state index in [1.54, 1.807) is 6.21 Å². The normalized spacial score (nSPS) is 10.8. The van der Waals surface area contributed by atoms with Crippen molar-refractivity contribution in [2.45, 2.75) is 46.5 Å². The molecule has 0 fully saturated rings. The van der Waals surface area contributed by atoms with Crippen LogP contribution in [0.15, 0.2) is 47.6 Å². The number of aryl methyl sites for hydroxylation is 1. The van der Waals surface area contributed by atoms with Gasteiger partial charge >= 0.3 is 0 Å². The number of rotatable bonds is 13. The van der Waals surface area contributed by atoms with Crippen LogP contribution in [0.2, 0.25) is 0 Å². The van der Waals surface area contributed by atoms with Crippen molar-refractivity contribution in [1.29, 1.82) is 0 Å². The van der Waals surface area contributed by atoms with Gasteiger partial charge in [0.15, 0.2) is 6.61 Å². The van der Waals surface area contributed by atoms with Crippen LogP contribution in [0.5, 0.6) is 17.2 Å². The van der Waals surface area contributed by atoms with Crippen molar-refractivity contribution in [3.63, 3.8) is 0 Å².